The largest absolute Gasteiger partial charge is 0.487 e. The number of nitrogens with zero attached hydrogens (tertiary/aromatic N) is 10. The average Bonchev–Trinajstić information content (AvgIpc) is 3.78. The number of ether oxygens (including phenoxy) is 4. The van der Waals surface area contributed by atoms with Crippen LogP contribution in [0.15, 0.2) is 43.1 Å². The number of methoxy groups -OCH3 is 1. The second-order valence-electron chi connectivity index (χ2n) is 12.5. The first kappa shape index (κ1) is 33.3. The van der Waals surface area contributed by atoms with Gasteiger partial charge in [0, 0.05) is 50.1 Å². The van der Waals surface area contributed by atoms with Crippen LogP contribution < -0.4 is 14.8 Å². The predicted octanol–water partition coefficient (Wildman–Crippen LogP) is 3.89. The van der Waals surface area contributed by atoms with Gasteiger partial charge in [0.05, 0.1) is 50.8 Å². The van der Waals surface area contributed by atoms with Crippen LogP contribution in [0, 0.1) is 17.2 Å². The number of benzene rings is 1. The van der Waals surface area contributed by atoms with E-state index in [0.29, 0.717) is 60.7 Å². The van der Waals surface area contributed by atoms with Gasteiger partial charge in [-0.25, -0.2) is 14.6 Å². The fraction of sp³-hybridized carbons (Fsp3) is 0.545. The van der Waals surface area contributed by atoms with Crippen LogP contribution in [0.3, 0.4) is 0 Å². The number of hydrogen-bond acceptors (Lipinski definition) is 13. The van der Waals surface area contributed by atoms with Gasteiger partial charge in [0.2, 0.25) is 5.95 Å². The topological polar surface area (TPSA) is 163 Å². The molecule has 0 amide bonds. The smallest absolute Gasteiger partial charge is 0.256 e. The molecule has 2 aliphatic rings. The predicted molar refractivity (Wildman–Crippen MR) is 176 cm³/mol. The molecule has 0 spiro atoms. The summed E-state index contributed by atoms with van der Waals surface area (Å²) in [5, 5.41) is 29.1. The van der Waals surface area contributed by atoms with Crippen molar-refractivity contribution in [3.63, 3.8) is 0 Å². The summed E-state index contributed by atoms with van der Waals surface area (Å²) >= 11 is 0. The number of anilines is 2. The normalized spacial score (nSPS) is 19.7. The van der Waals surface area contributed by atoms with E-state index in [1.807, 2.05) is 29.9 Å². The molecule has 4 aromatic rings. The van der Waals surface area contributed by atoms with Crippen molar-refractivity contribution in [2.45, 2.75) is 64.3 Å². The Hall–Kier alpha value is -4.65. The third kappa shape index (κ3) is 8.43. The summed E-state index contributed by atoms with van der Waals surface area (Å²) < 4.78 is 26.8. The van der Waals surface area contributed by atoms with Crippen LogP contribution in [-0.2, 0) is 16.0 Å². The van der Waals surface area contributed by atoms with E-state index in [-0.39, 0.29) is 12.0 Å². The highest BCUT2D eigenvalue weighted by Gasteiger charge is 2.29. The van der Waals surface area contributed by atoms with E-state index in [9.17, 15) is 5.26 Å². The molecule has 254 valence electrons. The maximum Gasteiger partial charge on any atom is 0.256 e. The second kappa shape index (κ2) is 16.0. The monoisotopic (exact) mass is 657 g/mol. The third-order valence-electron chi connectivity index (χ3n) is 8.75. The van der Waals surface area contributed by atoms with Crippen LogP contribution in [0.25, 0.3) is 11.1 Å². The molecule has 1 aliphatic carbocycles. The molecule has 2 fully saturated rings. The highest BCUT2D eigenvalue weighted by Crippen LogP contribution is 2.35. The van der Waals surface area contributed by atoms with Crippen molar-refractivity contribution in [2.24, 2.45) is 5.92 Å². The maximum atomic E-state index is 9.66. The molecule has 15 heteroatoms. The van der Waals surface area contributed by atoms with E-state index >= 15 is 0 Å². The van der Waals surface area contributed by atoms with Crippen LogP contribution in [-0.4, -0.2) is 104 Å². The molecule has 0 unspecified atom stereocenters. The second-order valence-corrected chi connectivity index (χ2v) is 12.5. The number of hydrogen-bond donors (Lipinski definition) is 1. The van der Waals surface area contributed by atoms with Crippen molar-refractivity contribution < 1.29 is 18.9 Å². The van der Waals surface area contributed by atoms with E-state index < -0.39 is 0 Å². The van der Waals surface area contributed by atoms with Gasteiger partial charge < -0.3 is 24.3 Å². The van der Waals surface area contributed by atoms with Gasteiger partial charge in [0.1, 0.15) is 29.9 Å². The van der Waals surface area contributed by atoms with Crippen molar-refractivity contribution in [1.82, 2.24) is 44.9 Å². The highest BCUT2D eigenvalue weighted by atomic mass is 16.5. The van der Waals surface area contributed by atoms with Crippen LogP contribution in [0.4, 0.5) is 11.6 Å². The summed E-state index contributed by atoms with van der Waals surface area (Å²) in [6, 6.07) is 8.52. The maximum absolute atomic E-state index is 9.66. The zero-order valence-corrected chi connectivity index (χ0v) is 27.7. The summed E-state index contributed by atoms with van der Waals surface area (Å²) in [6.07, 6.45) is 11.1. The molecule has 3 aromatic heterocycles. The minimum Gasteiger partial charge on any atom is -0.487 e. The van der Waals surface area contributed by atoms with Crippen molar-refractivity contribution in [3.8, 4) is 28.8 Å². The first-order chi connectivity index (χ1) is 23.5. The minimum atomic E-state index is -0.270. The number of nitriles is 1. The Kier molecular flexibility index (Phi) is 11.1. The number of tetrazole rings is 1. The van der Waals surface area contributed by atoms with E-state index in [0.717, 1.165) is 63.1 Å². The first-order valence-corrected chi connectivity index (χ1v) is 16.5. The molecular weight excluding hydrogens is 614 g/mol. The summed E-state index contributed by atoms with van der Waals surface area (Å²) in [4.78, 5) is 11.8. The molecule has 6 rings (SSSR count). The molecule has 0 bridgehead atoms. The van der Waals surface area contributed by atoms with Crippen LogP contribution in [0.5, 0.6) is 11.6 Å². The van der Waals surface area contributed by atoms with Crippen molar-refractivity contribution in [2.75, 3.05) is 51.9 Å². The number of rotatable bonds is 14. The number of aromatic nitrogens is 8. The lowest BCUT2D eigenvalue weighted by molar-refractivity contribution is 0.00502. The fourth-order valence-corrected chi connectivity index (χ4v) is 6.27. The first-order valence-electron chi connectivity index (χ1n) is 16.5. The average molecular weight is 658 g/mol. The third-order valence-corrected chi connectivity index (χ3v) is 8.75. The molecule has 15 nitrogen and oxygen atoms in total. The van der Waals surface area contributed by atoms with E-state index in [1.165, 1.54) is 6.33 Å². The number of morpholine rings is 1. The zero-order valence-electron chi connectivity index (χ0n) is 27.7. The standard InChI is InChI=1S/C33H43N11O4/c1-23(20-45-3)21-47-32-30(19-44(39-32)29-8-6-28(7-9-29)42-10-12-46-13-11-42)38-33-35-16-27(17-36-33)25-4-5-26(15-34)31(14-25)48-24(2)18-43-22-37-40-41-43/h4-5,14,16-17,19,22-24,28-29H,6-13,18,20-21H2,1-3H3,(H,35,36,38)/t23-,24-,28-,29-/m0/s1. The van der Waals surface area contributed by atoms with Gasteiger partial charge in [-0.2, -0.15) is 5.26 Å². The molecule has 1 aromatic carbocycles. The Bertz CT molecular complexity index is 1630. The van der Waals surface area contributed by atoms with Gasteiger partial charge in [-0.05, 0) is 60.7 Å². The lowest BCUT2D eigenvalue weighted by Crippen LogP contribution is -2.45. The molecule has 2 atom stereocenters. The summed E-state index contributed by atoms with van der Waals surface area (Å²) in [6.45, 7) is 9.17. The fourth-order valence-electron chi connectivity index (χ4n) is 6.27. The van der Waals surface area contributed by atoms with Crippen molar-refractivity contribution in [1.29, 1.82) is 5.26 Å². The molecular formula is C33H43N11O4. The van der Waals surface area contributed by atoms with Gasteiger partial charge in [0.15, 0.2) is 0 Å². The van der Waals surface area contributed by atoms with Crippen LogP contribution in [0.1, 0.15) is 51.1 Å². The Morgan fingerprint density at radius 3 is 2.52 bits per heavy atom. The Morgan fingerprint density at radius 2 is 1.81 bits per heavy atom. The lowest BCUT2D eigenvalue weighted by Gasteiger charge is -2.38. The highest BCUT2D eigenvalue weighted by molar-refractivity contribution is 5.67. The molecule has 1 saturated heterocycles. The summed E-state index contributed by atoms with van der Waals surface area (Å²) in [5.41, 5.74) is 2.75. The van der Waals surface area contributed by atoms with Crippen LogP contribution >= 0.6 is 0 Å². The molecule has 4 heterocycles. The van der Waals surface area contributed by atoms with Crippen molar-refractivity contribution >= 4 is 11.6 Å². The van der Waals surface area contributed by atoms with E-state index in [1.54, 1.807) is 30.3 Å². The molecule has 0 radical (unpaired) electrons. The van der Waals surface area contributed by atoms with Crippen molar-refractivity contribution in [3.05, 3.63) is 48.7 Å². The van der Waals surface area contributed by atoms with Gasteiger partial charge in [0.25, 0.3) is 5.88 Å². The summed E-state index contributed by atoms with van der Waals surface area (Å²) in [5.74, 6) is 1.61. The molecule has 48 heavy (non-hydrogen) atoms. The van der Waals surface area contributed by atoms with Gasteiger partial charge in [-0.3, -0.25) is 9.58 Å². The minimum absolute atomic E-state index is 0.205. The Morgan fingerprint density at radius 1 is 1.04 bits per heavy atom. The summed E-state index contributed by atoms with van der Waals surface area (Å²) in [7, 11) is 1.69. The number of nitrogens with one attached hydrogen (secondary N) is 1. The van der Waals surface area contributed by atoms with E-state index in [4.69, 9.17) is 24.0 Å². The lowest BCUT2D eigenvalue weighted by atomic mass is 9.90. The van der Waals surface area contributed by atoms with Crippen LogP contribution in [0.2, 0.25) is 0 Å². The van der Waals surface area contributed by atoms with Gasteiger partial charge >= 0.3 is 0 Å². The SMILES string of the molecule is COC[C@H](C)COc1nn([C@H]2CC[C@H](N3CCOCC3)CC2)cc1Nc1ncc(-c2ccc(C#N)c(O[C@@H](C)Cn3cnnn3)c2)cn1. The van der Waals surface area contributed by atoms with Gasteiger partial charge in [-0.15, -0.1) is 10.2 Å². The molecule has 1 N–H and O–H groups in total. The molecule has 1 aliphatic heterocycles. The van der Waals surface area contributed by atoms with Gasteiger partial charge in [-0.1, -0.05) is 13.0 Å². The van der Waals surface area contributed by atoms with E-state index in [2.05, 4.69) is 48.7 Å². The zero-order chi connectivity index (χ0) is 33.3. The Balaban J connectivity index is 1.14. The quantitative estimate of drug-likeness (QED) is 0.208. The Labute approximate surface area is 280 Å². The molecule has 1 saturated carbocycles.